The summed E-state index contributed by atoms with van der Waals surface area (Å²) in [6, 6.07) is 4.45. The molecule has 1 unspecified atom stereocenters. The smallest absolute Gasteiger partial charge is 0.142 e. The number of pyridine rings is 1. The largest absolute Gasteiger partial charge is 0.310 e. The quantitative estimate of drug-likeness (QED) is 0.901. The Bertz CT molecular complexity index is 476. The highest BCUT2D eigenvalue weighted by molar-refractivity contribution is 7.15. The van der Waals surface area contributed by atoms with Gasteiger partial charge in [-0.2, -0.15) is 0 Å². The summed E-state index contributed by atoms with van der Waals surface area (Å²) in [5.74, 6) is 0. The van der Waals surface area contributed by atoms with Crippen molar-refractivity contribution < 1.29 is 0 Å². The van der Waals surface area contributed by atoms with Gasteiger partial charge in [-0.05, 0) is 32.0 Å². The van der Waals surface area contributed by atoms with Crippen molar-refractivity contribution in [3.05, 3.63) is 35.0 Å². The van der Waals surface area contributed by atoms with Crippen LogP contribution in [0.3, 0.4) is 0 Å². The summed E-state index contributed by atoms with van der Waals surface area (Å²) in [4.78, 5) is 10.1. The maximum absolute atomic E-state index is 4.44. The lowest BCUT2D eigenvalue weighted by Gasteiger charge is -2.08. The van der Waals surface area contributed by atoms with E-state index in [-0.39, 0.29) is 0 Å². The number of nitrogens with one attached hydrogen (secondary N) is 1. The van der Waals surface area contributed by atoms with Crippen molar-refractivity contribution in [3.63, 3.8) is 0 Å². The molecule has 3 nitrogen and oxygen atoms in total. The maximum atomic E-state index is 4.44. The van der Waals surface area contributed by atoms with Crippen LogP contribution in [0.15, 0.2) is 24.5 Å². The summed E-state index contributed by atoms with van der Waals surface area (Å²) in [5, 5.41) is 4.38. The van der Waals surface area contributed by atoms with E-state index in [1.165, 1.54) is 10.4 Å². The van der Waals surface area contributed by atoms with Gasteiger partial charge in [-0.3, -0.25) is 4.98 Å². The molecule has 0 aliphatic heterocycles. The van der Waals surface area contributed by atoms with Crippen molar-refractivity contribution in [2.45, 2.75) is 26.8 Å². The number of rotatable bonds is 4. The molecule has 0 amide bonds. The van der Waals surface area contributed by atoms with Crippen molar-refractivity contribution in [1.82, 2.24) is 15.3 Å². The van der Waals surface area contributed by atoms with E-state index in [1.54, 1.807) is 11.3 Å². The molecular formula is C13H17N3S. The van der Waals surface area contributed by atoms with Crippen LogP contribution in [0, 0.1) is 6.92 Å². The highest BCUT2D eigenvalue weighted by Crippen LogP contribution is 2.27. The van der Waals surface area contributed by atoms with Gasteiger partial charge in [0.15, 0.2) is 0 Å². The zero-order valence-electron chi connectivity index (χ0n) is 10.4. The number of aromatic nitrogens is 2. The first-order chi connectivity index (χ1) is 8.20. The zero-order chi connectivity index (χ0) is 12.3. The normalized spacial score (nSPS) is 12.6. The van der Waals surface area contributed by atoms with Crippen LogP contribution >= 0.6 is 11.3 Å². The maximum Gasteiger partial charge on any atom is 0.142 e. The molecule has 1 N–H and O–H groups in total. The molecule has 17 heavy (non-hydrogen) atoms. The van der Waals surface area contributed by atoms with Gasteiger partial charge in [0.1, 0.15) is 5.01 Å². The molecule has 0 aromatic carbocycles. The fraction of sp³-hybridized carbons (Fsp3) is 0.385. The Morgan fingerprint density at radius 1 is 1.29 bits per heavy atom. The van der Waals surface area contributed by atoms with E-state index in [2.05, 4.69) is 35.2 Å². The van der Waals surface area contributed by atoms with Gasteiger partial charge in [0.25, 0.3) is 0 Å². The molecule has 1 atom stereocenters. The van der Waals surface area contributed by atoms with Crippen LogP contribution in [-0.4, -0.2) is 16.5 Å². The fourth-order valence-electron chi connectivity index (χ4n) is 1.61. The molecule has 0 bridgehead atoms. The van der Waals surface area contributed by atoms with Gasteiger partial charge < -0.3 is 5.32 Å². The third-order valence-corrected chi connectivity index (χ3v) is 3.79. The van der Waals surface area contributed by atoms with Crippen LogP contribution in [0.1, 0.15) is 30.3 Å². The summed E-state index contributed by atoms with van der Waals surface area (Å²) in [6.45, 7) is 7.28. The molecule has 2 aromatic heterocycles. The lowest BCUT2D eigenvalue weighted by atomic mass is 10.3. The van der Waals surface area contributed by atoms with Crippen molar-refractivity contribution in [2.24, 2.45) is 0 Å². The molecule has 0 fully saturated rings. The molecular weight excluding hydrogens is 230 g/mol. The second-order valence-corrected chi connectivity index (χ2v) is 5.13. The van der Waals surface area contributed by atoms with E-state index in [0.29, 0.717) is 6.04 Å². The van der Waals surface area contributed by atoms with Gasteiger partial charge in [-0.15, -0.1) is 11.3 Å². The summed E-state index contributed by atoms with van der Waals surface area (Å²) in [7, 11) is 0. The van der Waals surface area contributed by atoms with Crippen LogP contribution in [0.2, 0.25) is 0 Å². The first kappa shape index (κ1) is 12.2. The molecule has 0 saturated carbocycles. The molecule has 2 heterocycles. The summed E-state index contributed by atoms with van der Waals surface area (Å²) >= 11 is 1.70. The minimum absolute atomic E-state index is 0.358. The number of hydrogen-bond acceptors (Lipinski definition) is 4. The van der Waals surface area contributed by atoms with E-state index >= 15 is 0 Å². The minimum Gasteiger partial charge on any atom is -0.310 e. The van der Waals surface area contributed by atoms with E-state index in [4.69, 9.17) is 0 Å². The second-order valence-electron chi connectivity index (χ2n) is 4.07. The third kappa shape index (κ3) is 2.90. The molecule has 2 rings (SSSR count). The molecule has 2 aromatic rings. The van der Waals surface area contributed by atoms with Crippen molar-refractivity contribution >= 4 is 11.3 Å². The van der Waals surface area contributed by atoms with Gasteiger partial charge >= 0.3 is 0 Å². The fourth-order valence-corrected chi connectivity index (χ4v) is 2.53. The Labute approximate surface area is 106 Å². The number of aryl methyl sites for hydroxylation is 1. The summed E-state index contributed by atoms with van der Waals surface area (Å²) in [5.41, 5.74) is 2.13. The molecule has 0 aliphatic carbocycles. The molecule has 0 spiro atoms. The number of thiazole rings is 1. The number of nitrogens with zero attached hydrogens (tertiary/aromatic N) is 2. The molecule has 0 saturated heterocycles. The van der Waals surface area contributed by atoms with E-state index < -0.39 is 0 Å². The SMILES string of the molecule is CCNC(C)c1cnc(-c2ccc(C)cn2)s1. The Hall–Kier alpha value is -1.26. The topological polar surface area (TPSA) is 37.8 Å². The van der Waals surface area contributed by atoms with E-state index in [1.807, 2.05) is 25.4 Å². The van der Waals surface area contributed by atoms with Crippen LogP contribution in [0.4, 0.5) is 0 Å². The van der Waals surface area contributed by atoms with Gasteiger partial charge in [0.05, 0.1) is 5.69 Å². The average molecular weight is 247 g/mol. The van der Waals surface area contributed by atoms with Crippen molar-refractivity contribution in [1.29, 1.82) is 0 Å². The Morgan fingerprint density at radius 3 is 2.76 bits per heavy atom. The van der Waals surface area contributed by atoms with Crippen molar-refractivity contribution in [2.75, 3.05) is 6.54 Å². The van der Waals surface area contributed by atoms with Gasteiger partial charge in [-0.1, -0.05) is 13.0 Å². The summed E-state index contributed by atoms with van der Waals surface area (Å²) < 4.78 is 0. The molecule has 4 heteroatoms. The van der Waals surface area contributed by atoms with Gasteiger partial charge in [0.2, 0.25) is 0 Å². The highest BCUT2D eigenvalue weighted by atomic mass is 32.1. The van der Waals surface area contributed by atoms with Crippen LogP contribution in [0.25, 0.3) is 10.7 Å². The summed E-state index contributed by atoms with van der Waals surface area (Å²) in [6.07, 6.45) is 3.82. The third-order valence-electron chi connectivity index (χ3n) is 2.59. The Balaban J connectivity index is 2.20. The first-order valence-electron chi connectivity index (χ1n) is 5.83. The monoisotopic (exact) mass is 247 g/mol. The first-order valence-corrected chi connectivity index (χ1v) is 6.64. The lowest BCUT2D eigenvalue weighted by Crippen LogP contribution is -2.16. The van der Waals surface area contributed by atoms with E-state index in [0.717, 1.165) is 17.2 Å². The molecule has 90 valence electrons. The van der Waals surface area contributed by atoms with Gasteiger partial charge in [0, 0.05) is 23.3 Å². The number of hydrogen-bond donors (Lipinski definition) is 1. The predicted molar refractivity (Wildman–Crippen MR) is 72.2 cm³/mol. The predicted octanol–water partition coefficient (Wildman–Crippen LogP) is 3.18. The van der Waals surface area contributed by atoms with Gasteiger partial charge in [-0.25, -0.2) is 4.98 Å². The van der Waals surface area contributed by atoms with Crippen LogP contribution in [-0.2, 0) is 0 Å². The highest BCUT2D eigenvalue weighted by Gasteiger charge is 2.10. The Kier molecular flexibility index (Phi) is 3.86. The molecule has 0 radical (unpaired) electrons. The average Bonchev–Trinajstić information content (AvgIpc) is 2.80. The van der Waals surface area contributed by atoms with Crippen molar-refractivity contribution in [3.8, 4) is 10.7 Å². The van der Waals surface area contributed by atoms with Crippen LogP contribution in [0.5, 0.6) is 0 Å². The standard InChI is InChI=1S/C13H17N3S/c1-4-14-10(3)12-8-16-13(17-12)11-6-5-9(2)7-15-11/h5-8,10,14H,4H2,1-3H3. The second kappa shape index (κ2) is 5.38. The minimum atomic E-state index is 0.358. The Morgan fingerprint density at radius 2 is 2.12 bits per heavy atom. The molecule has 0 aliphatic rings. The lowest BCUT2D eigenvalue weighted by molar-refractivity contribution is 0.606. The van der Waals surface area contributed by atoms with Crippen LogP contribution < -0.4 is 5.32 Å². The zero-order valence-corrected chi connectivity index (χ0v) is 11.2. The van der Waals surface area contributed by atoms with E-state index in [9.17, 15) is 0 Å².